The lowest BCUT2D eigenvalue weighted by Gasteiger charge is -2.24. The first-order valence-corrected chi connectivity index (χ1v) is 9.42. The van der Waals surface area contributed by atoms with Crippen LogP contribution in [-0.2, 0) is 4.79 Å². The number of carbonyl (C=O) groups is 1. The van der Waals surface area contributed by atoms with Gasteiger partial charge in [0.05, 0.1) is 5.75 Å². The van der Waals surface area contributed by atoms with E-state index in [-0.39, 0.29) is 18.3 Å². The number of carbonyl (C=O) groups excluding carboxylic acids is 1. The third-order valence-electron chi connectivity index (χ3n) is 4.96. The summed E-state index contributed by atoms with van der Waals surface area (Å²) >= 11 is 1.65. The first-order chi connectivity index (χ1) is 11.3. The normalized spacial score (nSPS) is 22.9. The second kappa shape index (κ2) is 7.77. The van der Waals surface area contributed by atoms with E-state index >= 15 is 0 Å². The number of rotatable bonds is 3. The fraction of sp³-hybridized carbons (Fsp3) is 0.421. The minimum Gasteiger partial charge on any atom is -0.340 e. The summed E-state index contributed by atoms with van der Waals surface area (Å²) in [4.78, 5) is 15.8. The highest BCUT2D eigenvalue weighted by Crippen LogP contribution is 2.25. The van der Waals surface area contributed by atoms with Crippen LogP contribution in [0, 0.1) is 0 Å². The van der Waals surface area contributed by atoms with E-state index < -0.39 is 0 Å². The molecule has 2 heterocycles. The molecule has 2 aromatic carbocycles. The van der Waals surface area contributed by atoms with Gasteiger partial charge in [-0.15, -0.1) is 24.2 Å². The van der Waals surface area contributed by atoms with Gasteiger partial charge in [-0.3, -0.25) is 4.79 Å². The number of benzene rings is 2. The number of amides is 1. The number of fused-ring (bicyclic) bond motifs is 3. The second-order valence-corrected chi connectivity index (χ2v) is 7.61. The lowest BCUT2D eigenvalue weighted by atomic mass is 10.1. The van der Waals surface area contributed by atoms with Crippen LogP contribution in [0.4, 0.5) is 0 Å². The Labute approximate surface area is 153 Å². The largest absolute Gasteiger partial charge is 0.340 e. The molecule has 0 spiro atoms. The van der Waals surface area contributed by atoms with Crippen LogP contribution in [0.3, 0.4) is 0 Å². The molecule has 1 N–H and O–H groups in total. The summed E-state index contributed by atoms with van der Waals surface area (Å²) in [5.74, 6) is 0.813. The molecule has 128 valence electrons. The number of nitrogens with zero attached hydrogens (tertiary/aromatic N) is 1. The minimum absolute atomic E-state index is 0. The monoisotopic (exact) mass is 362 g/mol. The van der Waals surface area contributed by atoms with E-state index in [4.69, 9.17) is 0 Å². The van der Waals surface area contributed by atoms with Crippen LogP contribution < -0.4 is 5.32 Å². The summed E-state index contributed by atoms with van der Waals surface area (Å²) in [5, 5.41) is 6.12. The quantitative estimate of drug-likeness (QED) is 0.845. The van der Waals surface area contributed by atoms with Crippen LogP contribution in [0.1, 0.15) is 19.3 Å². The standard InChI is InChI=1S/C19H22N2OS.ClH/c22-19(21-10-9-16-6-7-17(12-21)20-16)13-23-18-8-5-14-3-1-2-4-15(14)11-18;/h1-5,8,11,16-17,20H,6-7,9-10,12-13H2;1H. The third kappa shape index (κ3) is 3.88. The molecule has 1 amide bonds. The van der Waals surface area contributed by atoms with Crippen molar-refractivity contribution in [2.24, 2.45) is 0 Å². The summed E-state index contributed by atoms with van der Waals surface area (Å²) in [5.41, 5.74) is 0. The average molecular weight is 363 g/mol. The molecule has 2 bridgehead atoms. The molecule has 2 aromatic rings. The smallest absolute Gasteiger partial charge is 0.232 e. The van der Waals surface area contributed by atoms with Gasteiger partial charge < -0.3 is 10.2 Å². The van der Waals surface area contributed by atoms with Crippen molar-refractivity contribution in [2.75, 3.05) is 18.8 Å². The van der Waals surface area contributed by atoms with Crippen LogP contribution in [0.25, 0.3) is 10.8 Å². The summed E-state index contributed by atoms with van der Waals surface area (Å²) in [7, 11) is 0. The Morgan fingerprint density at radius 2 is 1.88 bits per heavy atom. The van der Waals surface area contributed by atoms with Gasteiger partial charge in [0.2, 0.25) is 5.91 Å². The van der Waals surface area contributed by atoms with Gasteiger partial charge in [0, 0.05) is 30.1 Å². The highest BCUT2D eigenvalue weighted by Gasteiger charge is 2.30. The van der Waals surface area contributed by atoms with Gasteiger partial charge in [-0.25, -0.2) is 0 Å². The Hall–Kier alpha value is -1.23. The zero-order valence-electron chi connectivity index (χ0n) is 13.6. The van der Waals surface area contributed by atoms with Gasteiger partial charge in [0.15, 0.2) is 0 Å². The van der Waals surface area contributed by atoms with Crippen molar-refractivity contribution in [3.05, 3.63) is 42.5 Å². The van der Waals surface area contributed by atoms with Crippen molar-refractivity contribution in [3.8, 4) is 0 Å². The molecule has 5 heteroatoms. The molecule has 0 aliphatic carbocycles. The highest BCUT2D eigenvalue weighted by atomic mass is 35.5. The minimum atomic E-state index is 0. The Morgan fingerprint density at radius 1 is 1.08 bits per heavy atom. The Kier molecular flexibility index (Phi) is 5.69. The van der Waals surface area contributed by atoms with E-state index in [9.17, 15) is 4.79 Å². The maximum atomic E-state index is 12.5. The summed E-state index contributed by atoms with van der Waals surface area (Å²) in [6.45, 7) is 1.79. The van der Waals surface area contributed by atoms with Gasteiger partial charge in [0.25, 0.3) is 0 Å². The first kappa shape index (κ1) is 17.6. The number of likely N-dealkylation sites (tertiary alicyclic amines) is 1. The molecule has 2 aliphatic heterocycles. The topological polar surface area (TPSA) is 32.3 Å². The van der Waals surface area contributed by atoms with Gasteiger partial charge in [-0.1, -0.05) is 30.3 Å². The van der Waals surface area contributed by atoms with Gasteiger partial charge in [0.1, 0.15) is 0 Å². The molecule has 0 aromatic heterocycles. The Balaban J connectivity index is 0.00000169. The van der Waals surface area contributed by atoms with E-state index in [1.165, 1.54) is 28.5 Å². The van der Waals surface area contributed by atoms with Crippen molar-refractivity contribution in [2.45, 2.75) is 36.2 Å². The molecule has 2 saturated heterocycles. The van der Waals surface area contributed by atoms with Crippen molar-refractivity contribution in [1.82, 2.24) is 10.2 Å². The Bertz CT molecular complexity index is 723. The molecule has 0 saturated carbocycles. The molecule has 2 atom stereocenters. The van der Waals surface area contributed by atoms with Crippen LogP contribution in [0.15, 0.2) is 47.4 Å². The van der Waals surface area contributed by atoms with Crippen molar-refractivity contribution in [3.63, 3.8) is 0 Å². The maximum Gasteiger partial charge on any atom is 0.232 e. The fourth-order valence-corrected chi connectivity index (χ4v) is 4.51. The zero-order chi connectivity index (χ0) is 15.6. The predicted molar refractivity (Wildman–Crippen MR) is 103 cm³/mol. The fourth-order valence-electron chi connectivity index (χ4n) is 3.66. The molecule has 0 radical (unpaired) electrons. The summed E-state index contributed by atoms with van der Waals surface area (Å²) in [6, 6.07) is 15.9. The van der Waals surface area contributed by atoms with Crippen LogP contribution in [0.5, 0.6) is 0 Å². The van der Waals surface area contributed by atoms with Crippen LogP contribution in [-0.4, -0.2) is 41.7 Å². The van der Waals surface area contributed by atoms with E-state index in [2.05, 4.69) is 52.7 Å². The molecule has 2 unspecified atom stereocenters. The molecule has 2 fully saturated rings. The van der Waals surface area contributed by atoms with Crippen LogP contribution in [0.2, 0.25) is 0 Å². The van der Waals surface area contributed by atoms with Crippen molar-refractivity contribution in [1.29, 1.82) is 0 Å². The molecule has 3 nitrogen and oxygen atoms in total. The van der Waals surface area contributed by atoms with Gasteiger partial charge in [-0.2, -0.15) is 0 Å². The SMILES string of the molecule is Cl.O=C(CSc1ccc2ccccc2c1)N1CCC2CCC(C1)N2. The highest BCUT2D eigenvalue weighted by molar-refractivity contribution is 8.00. The van der Waals surface area contributed by atoms with E-state index in [1.807, 2.05) is 0 Å². The molecule has 2 aliphatic rings. The number of hydrogen-bond donors (Lipinski definition) is 1. The average Bonchev–Trinajstić information content (AvgIpc) is 2.91. The maximum absolute atomic E-state index is 12.5. The molecular formula is C19H23ClN2OS. The lowest BCUT2D eigenvalue weighted by Crippen LogP contribution is -2.39. The molecule has 4 rings (SSSR count). The number of hydrogen-bond acceptors (Lipinski definition) is 3. The number of halogens is 1. The number of thioether (sulfide) groups is 1. The molecule has 24 heavy (non-hydrogen) atoms. The van der Waals surface area contributed by atoms with Crippen LogP contribution >= 0.6 is 24.2 Å². The van der Waals surface area contributed by atoms with E-state index in [0.29, 0.717) is 17.8 Å². The second-order valence-electron chi connectivity index (χ2n) is 6.56. The zero-order valence-corrected chi connectivity index (χ0v) is 15.2. The van der Waals surface area contributed by atoms with Gasteiger partial charge >= 0.3 is 0 Å². The summed E-state index contributed by atoms with van der Waals surface area (Å²) in [6.07, 6.45) is 3.59. The van der Waals surface area contributed by atoms with Crippen molar-refractivity contribution < 1.29 is 4.79 Å². The van der Waals surface area contributed by atoms with Gasteiger partial charge in [-0.05, 0) is 42.2 Å². The lowest BCUT2D eigenvalue weighted by molar-refractivity contribution is -0.128. The number of nitrogens with one attached hydrogen (secondary N) is 1. The first-order valence-electron chi connectivity index (χ1n) is 8.43. The predicted octanol–water partition coefficient (Wildman–Crippen LogP) is 3.71. The molecular weight excluding hydrogens is 340 g/mol. The third-order valence-corrected chi connectivity index (χ3v) is 5.94. The Morgan fingerprint density at radius 3 is 2.75 bits per heavy atom. The van der Waals surface area contributed by atoms with E-state index in [1.54, 1.807) is 11.8 Å². The summed E-state index contributed by atoms with van der Waals surface area (Å²) < 4.78 is 0. The van der Waals surface area contributed by atoms with E-state index in [0.717, 1.165) is 19.5 Å². The van der Waals surface area contributed by atoms with Crippen molar-refractivity contribution >= 4 is 40.8 Å².